The highest BCUT2D eigenvalue weighted by molar-refractivity contribution is 7.87. The molecule has 236 valence electrons. The van der Waals surface area contributed by atoms with Crippen LogP contribution < -0.4 is 14.2 Å². The number of hydrogen-bond donors (Lipinski definition) is 1. The van der Waals surface area contributed by atoms with E-state index in [-0.39, 0.29) is 19.2 Å². The molecule has 3 aliphatic rings. The summed E-state index contributed by atoms with van der Waals surface area (Å²) >= 11 is 0. The largest absolute Gasteiger partial charge is 0.492 e. The van der Waals surface area contributed by atoms with Crippen molar-refractivity contribution in [3.8, 4) is 11.5 Å². The maximum atomic E-state index is 15.0. The highest BCUT2D eigenvalue weighted by Gasteiger charge is 2.32. The van der Waals surface area contributed by atoms with Gasteiger partial charge in [0, 0.05) is 19.6 Å². The monoisotopic (exact) mass is 622 g/mol. The number of carbonyl (C=O) groups is 1. The van der Waals surface area contributed by atoms with Crippen molar-refractivity contribution < 1.29 is 36.2 Å². The predicted octanol–water partition coefficient (Wildman–Crippen LogP) is 4.23. The van der Waals surface area contributed by atoms with E-state index in [9.17, 15) is 17.6 Å². The minimum Gasteiger partial charge on any atom is -0.492 e. The van der Waals surface area contributed by atoms with Crippen LogP contribution in [0.4, 0.5) is 8.78 Å². The summed E-state index contributed by atoms with van der Waals surface area (Å²) in [5, 5.41) is 0. The minimum atomic E-state index is -4.26. The van der Waals surface area contributed by atoms with E-state index in [1.807, 2.05) is 11.6 Å². The summed E-state index contributed by atoms with van der Waals surface area (Å²) in [4.78, 5) is 19.4. The molecule has 2 aromatic rings. The Morgan fingerprint density at radius 1 is 1.05 bits per heavy atom. The van der Waals surface area contributed by atoms with Crippen molar-refractivity contribution >= 4 is 16.1 Å². The number of rotatable bonds is 14. The van der Waals surface area contributed by atoms with Gasteiger partial charge in [0.15, 0.2) is 11.6 Å². The number of carbonyl (C=O) groups excluding carboxylic acids is 1. The molecular formula is C30H40F2N4O6S. The van der Waals surface area contributed by atoms with Gasteiger partial charge in [-0.05, 0) is 88.2 Å². The van der Waals surface area contributed by atoms with Gasteiger partial charge in [-0.15, -0.1) is 0 Å². The average Bonchev–Trinajstić information content (AvgIpc) is 3.69. The summed E-state index contributed by atoms with van der Waals surface area (Å²) < 4.78 is 76.1. The Morgan fingerprint density at radius 2 is 1.79 bits per heavy atom. The number of amides is 1. The van der Waals surface area contributed by atoms with Crippen molar-refractivity contribution in [2.75, 3.05) is 45.9 Å². The molecule has 1 aromatic carbocycles. The fraction of sp³-hybridized carbons (Fsp3) is 0.600. The van der Waals surface area contributed by atoms with Crippen molar-refractivity contribution in [3.05, 3.63) is 53.4 Å². The van der Waals surface area contributed by atoms with Crippen LogP contribution in [0, 0.1) is 17.6 Å². The summed E-state index contributed by atoms with van der Waals surface area (Å²) in [7, 11) is -4.26. The normalized spacial score (nSPS) is 19.3. The Bertz CT molecular complexity index is 1350. The van der Waals surface area contributed by atoms with Crippen LogP contribution in [0.15, 0.2) is 30.5 Å². The van der Waals surface area contributed by atoms with Gasteiger partial charge in [0.05, 0.1) is 36.8 Å². The maximum Gasteiger partial charge on any atom is 0.304 e. The molecule has 0 bridgehead atoms. The van der Waals surface area contributed by atoms with E-state index in [0.717, 1.165) is 36.1 Å². The Kier molecular flexibility index (Phi) is 10.5. The summed E-state index contributed by atoms with van der Waals surface area (Å²) in [6.07, 6.45) is 6.95. The van der Waals surface area contributed by atoms with Crippen LogP contribution in [0.1, 0.15) is 74.0 Å². The zero-order valence-corrected chi connectivity index (χ0v) is 25.3. The number of nitrogens with zero attached hydrogens (tertiary/aromatic N) is 3. The topological polar surface area (TPSA) is 110 Å². The van der Waals surface area contributed by atoms with Crippen LogP contribution in [0.3, 0.4) is 0 Å². The van der Waals surface area contributed by atoms with Gasteiger partial charge in [-0.3, -0.25) is 9.78 Å². The molecule has 0 unspecified atom stereocenters. The molecule has 3 fully saturated rings. The third-order valence-electron chi connectivity index (χ3n) is 8.13. The molecule has 5 rings (SSSR count). The second-order valence-corrected chi connectivity index (χ2v) is 13.1. The van der Waals surface area contributed by atoms with E-state index in [4.69, 9.17) is 14.2 Å². The molecular weight excluding hydrogens is 582 g/mol. The van der Waals surface area contributed by atoms with Crippen molar-refractivity contribution in [1.82, 2.24) is 18.9 Å². The van der Waals surface area contributed by atoms with Gasteiger partial charge in [0.1, 0.15) is 11.9 Å². The number of nitrogens with one attached hydrogen (secondary N) is 1. The number of aromatic nitrogens is 1. The SMILES string of the molecule is CC[C@@H](Oc1ccc(C(=O)NS(=O)(=O)N2CCC(OCCN3CCCC3)CC2)c(F)c1F)c1ccc(OCC2CC2)cn1. The molecule has 1 aromatic heterocycles. The highest BCUT2D eigenvalue weighted by Crippen LogP contribution is 2.31. The Morgan fingerprint density at radius 3 is 2.44 bits per heavy atom. The smallest absolute Gasteiger partial charge is 0.304 e. The van der Waals surface area contributed by atoms with Crippen LogP contribution in [-0.2, 0) is 14.9 Å². The first-order chi connectivity index (χ1) is 20.7. The fourth-order valence-electron chi connectivity index (χ4n) is 5.30. The van der Waals surface area contributed by atoms with Gasteiger partial charge in [-0.25, -0.2) is 9.11 Å². The van der Waals surface area contributed by atoms with Gasteiger partial charge in [-0.2, -0.15) is 17.1 Å². The molecule has 0 radical (unpaired) electrons. The second-order valence-electron chi connectivity index (χ2n) is 11.4. The number of benzene rings is 1. The Labute approximate surface area is 251 Å². The van der Waals surface area contributed by atoms with Crippen LogP contribution in [-0.4, -0.2) is 80.6 Å². The molecule has 1 saturated carbocycles. The molecule has 2 aliphatic heterocycles. The van der Waals surface area contributed by atoms with E-state index in [2.05, 4.69) is 9.88 Å². The van der Waals surface area contributed by atoms with Crippen LogP contribution in [0.2, 0.25) is 0 Å². The summed E-state index contributed by atoms with van der Waals surface area (Å²) in [5.74, 6) is -3.34. The van der Waals surface area contributed by atoms with Crippen molar-refractivity contribution in [1.29, 1.82) is 0 Å². The second kappa shape index (κ2) is 14.3. The number of hydrogen-bond acceptors (Lipinski definition) is 8. The zero-order chi connectivity index (χ0) is 30.4. The van der Waals surface area contributed by atoms with Gasteiger partial charge >= 0.3 is 10.2 Å². The quantitative estimate of drug-likeness (QED) is 0.334. The fourth-order valence-corrected chi connectivity index (χ4v) is 6.47. The lowest BCUT2D eigenvalue weighted by Gasteiger charge is -2.31. The average molecular weight is 623 g/mol. The van der Waals surface area contributed by atoms with E-state index >= 15 is 4.39 Å². The summed E-state index contributed by atoms with van der Waals surface area (Å²) in [5.41, 5.74) is -0.230. The maximum absolute atomic E-state index is 15.0. The predicted molar refractivity (Wildman–Crippen MR) is 155 cm³/mol. The van der Waals surface area contributed by atoms with Gasteiger partial charge in [-0.1, -0.05) is 6.92 Å². The van der Waals surface area contributed by atoms with Crippen LogP contribution >= 0.6 is 0 Å². The molecule has 1 atom stereocenters. The molecule has 3 heterocycles. The lowest BCUT2D eigenvalue weighted by atomic mass is 10.1. The van der Waals surface area contributed by atoms with E-state index in [1.165, 1.54) is 25.7 Å². The minimum absolute atomic E-state index is 0.0652. The third kappa shape index (κ3) is 8.40. The Hall–Kier alpha value is -2.87. The summed E-state index contributed by atoms with van der Waals surface area (Å²) in [6, 6.07) is 5.59. The van der Waals surface area contributed by atoms with E-state index in [0.29, 0.717) is 49.8 Å². The molecule has 2 saturated heterocycles. The third-order valence-corrected chi connectivity index (χ3v) is 9.61. The van der Waals surface area contributed by atoms with Gasteiger partial charge in [0.25, 0.3) is 5.91 Å². The molecule has 43 heavy (non-hydrogen) atoms. The molecule has 1 aliphatic carbocycles. The van der Waals surface area contributed by atoms with Gasteiger partial charge in [0.2, 0.25) is 5.82 Å². The van der Waals surface area contributed by atoms with Crippen molar-refractivity contribution in [2.24, 2.45) is 5.92 Å². The number of ether oxygens (including phenoxy) is 3. The number of likely N-dealkylation sites (tertiary alicyclic amines) is 1. The van der Waals surface area contributed by atoms with Crippen LogP contribution in [0.5, 0.6) is 11.5 Å². The van der Waals surface area contributed by atoms with Crippen LogP contribution in [0.25, 0.3) is 0 Å². The molecule has 10 nitrogen and oxygen atoms in total. The number of pyridine rings is 1. The molecule has 1 amide bonds. The van der Waals surface area contributed by atoms with Gasteiger partial charge < -0.3 is 19.1 Å². The number of halogens is 2. The molecule has 1 N–H and O–H groups in total. The lowest BCUT2D eigenvalue weighted by molar-refractivity contribution is 0.0124. The standard InChI is InChI=1S/C30H40F2N4O6S/c1-2-26(25-9-7-23(19-33-25)41-20-21-5-6-21)42-27-10-8-24(28(31)29(27)32)30(37)34-43(38,39)36-15-11-22(12-16-36)40-18-17-35-13-3-4-14-35/h7-10,19,21-22,26H,2-6,11-18,20H2,1H3,(H,34,37)/t26-/m1/s1. The first-order valence-electron chi connectivity index (χ1n) is 15.1. The molecule has 13 heteroatoms. The lowest BCUT2D eigenvalue weighted by Crippen LogP contribution is -2.48. The summed E-state index contributed by atoms with van der Waals surface area (Å²) in [6.45, 7) is 6.39. The first kappa shape index (κ1) is 31.6. The van der Waals surface area contributed by atoms with E-state index < -0.39 is 45.2 Å². The first-order valence-corrected chi connectivity index (χ1v) is 16.6. The number of piperidine rings is 1. The van der Waals surface area contributed by atoms with Crippen molar-refractivity contribution in [3.63, 3.8) is 0 Å². The molecule has 0 spiro atoms. The highest BCUT2D eigenvalue weighted by atomic mass is 32.2. The van der Waals surface area contributed by atoms with E-state index in [1.54, 1.807) is 18.3 Å². The zero-order valence-electron chi connectivity index (χ0n) is 24.5. The Balaban J connectivity index is 1.13. The van der Waals surface area contributed by atoms with Crippen molar-refractivity contribution in [2.45, 2.75) is 64.1 Å².